The van der Waals surface area contributed by atoms with Gasteiger partial charge in [-0.25, -0.2) is 0 Å². The van der Waals surface area contributed by atoms with Crippen LogP contribution >= 0.6 is 27.5 Å². The molecule has 1 unspecified atom stereocenters. The van der Waals surface area contributed by atoms with Crippen molar-refractivity contribution in [2.75, 3.05) is 0 Å². The van der Waals surface area contributed by atoms with Crippen LogP contribution in [0.2, 0.25) is 0 Å². The molecule has 0 bridgehead atoms. The molecule has 0 spiro atoms. The summed E-state index contributed by atoms with van der Waals surface area (Å²) in [6.07, 6.45) is 2.60. The minimum absolute atomic E-state index is 0.105. The third-order valence-electron chi connectivity index (χ3n) is 2.15. The summed E-state index contributed by atoms with van der Waals surface area (Å²) in [5, 5.41) is 0.105. The van der Waals surface area contributed by atoms with Crippen molar-refractivity contribution in [1.82, 2.24) is 4.98 Å². The Hall–Kier alpha value is -0.0800. The van der Waals surface area contributed by atoms with Crippen LogP contribution in [0.3, 0.4) is 0 Å². The van der Waals surface area contributed by atoms with Gasteiger partial charge in [0, 0.05) is 22.5 Å². The summed E-state index contributed by atoms with van der Waals surface area (Å²) in [6.45, 7) is 6.42. The quantitative estimate of drug-likeness (QED) is 0.743. The van der Waals surface area contributed by atoms with Crippen molar-refractivity contribution in [2.24, 2.45) is 5.41 Å². The number of aromatic nitrogens is 1. The minimum Gasteiger partial charge on any atom is -0.260 e. The highest BCUT2D eigenvalue weighted by molar-refractivity contribution is 9.10. The molecule has 0 aromatic carbocycles. The van der Waals surface area contributed by atoms with Gasteiger partial charge < -0.3 is 0 Å². The predicted molar refractivity (Wildman–Crippen MR) is 64.7 cm³/mol. The smallest absolute Gasteiger partial charge is 0.0560 e. The molecule has 0 N–H and O–H groups in total. The molecule has 0 radical (unpaired) electrons. The summed E-state index contributed by atoms with van der Waals surface area (Å²) in [7, 11) is 0. The number of hydrogen-bond donors (Lipinski definition) is 0. The van der Waals surface area contributed by atoms with E-state index in [2.05, 4.69) is 41.7 Å². The van der Waals surface area contributed by atoms with Crippen LogP contribution < -0.4 is 0 Å². The zero-order chi connectivity index (χ0) is 10.8. The van der Waals surface area contributed by atoms with Crippen molar-refractivity contribution in [2.45, 2.75) is 32.6 Å². The Morgan fingerprint density at radius 1 is 1.50 bits per heavy atom. The lowest BCUT2D eigenvalue weighted by Crippen LogP contribution is -2.23. The predicted octanol–water partition coefficient (Wildman–Crippen LogP) is 4.04. The molecule has 1 rings (SSSR count). The molecule has 0 saturated heterocycles. The molecule has 78 valence electrons. The zero-order valence-electron chi connectivity index (χ0n) is 8.72. The van der Waals surface area contributed by atoms with E-state index in [0.717, 1.165) is 16.6 Å². The summed E-state index contributed by atoms with van der Waals surface area (Å²) in [5.74, 6) is 0. The number of pyridine rings is 1. The maximum Gasteiger partial charge on any atom is 0.0560 e. The number of nitrogens with zero attached hydrogens (tertiary/aromatic N) is 1. The second-order valence-electron chi connectivity index (χ2n) is 4.47. The molecule has 1 atom stereocenters. The van der Waals surface area contributed by atoms with Crippen molar-refractivity contribution >= 4 is 27.5 Å². The van der Waals surface area contributed by atoms with Crippen LogP contribution in [0.15, 0.2) is 22.8 Å². The van der Waals surface area contributed by atoms with Gasteiger partial charge >= 0.3 is 0 Å². The zero-order valence-corrected chi connectivity index (χ0v) is 11.1. The second-order valence-corrected chi connectivity index (χ2v) is 5.85. The molecule has 1 nitrogen and oxygen atoms in total. The molecule has 0 amide bonds. The highest BCUT2D eigenvalue weighted by Crippen LogP contribution is 2.28. The first kappa shape index (κ1) is 12.0. The molecular weight excluding hydrogens is 261 g/mol. The van der Waals surface area contributed by atoms with Gasteiger partial charge in [-0.1, -0.05) is 20.8 Å². The molecule has 0 saturated carbocycles. The number of rotatable bonds is 2. The van der Waals surface area contributed by atoms with E-state index in [1.54, 1.807) is 6.20 Å². The van der Waals surface area contributed by atoms with E-state index in [4.69, 9.17) is 11.6 Å². The third kappa shape index (κ3) is 3.25. The second kappa shape index (κ2) is 4.63. The first-order chi connectivity index (χ1) is 6.41. The van der Waals surface area contributed by atoms with E-state index >= 15 is 0 Å². The van der Waals surface area contributed by atoms with Crippen LogP contribution in [-0.4, -0.2) is 10.4 Å². The molecule has 3 heteroatoms. The SMILES string of the molecule is CC(C)(C)C(Cl)Cc1ncccc1Br. The molecule has 1 heterocycles. The minimum atomic E-state index is 0.105. The Morgan fingerprint density at radius 3 is 2.64 bits per heavy atom. The Labute approximate surface area is 99.0 Å². The van der Waals surface area contributed by atoms with Gasteiger partial charge in [0.2, 0.25) is 0 Å². The Kier molecular flexibility index (Phi) is 3.96. The van der Waals surface area contributed by atoms with Crippen molar-refractivity contribution in [1.29, 1.82) is 0 Å². The maximum absolute atomic E-state index is 6.30. The molecule has 1 aromatic rings. The van der Waals surface area contributed by atoms with Crippen LogP contribution in [0.25, 0.3) is 0 Å². The van der Waals surface area contributed by atoms with Gasteiger partial charge in [0.25, 0.3) is 0 Å². The van der Waals surface area contributed by atoms with E-state index in [1.165, 1.54) is 0 Å². The highest BCUT2D eigenvalue weighted by Gasteiger charge is 2.23. The molecule has 0 aliphatic carbocycles. The topological polar surface area (TPSA) is 12.9 Å². The van der Waals surface area contributed by atoms with Gasteiger partial charge in [0.15, 0.2) is 0 Å². The van der Waals surface area contributed by atoms with Gasteiger partial charge in [-0.05, 0) is 33.5 Å². The van der Waals surface area contributed by atoms with Crippen LogP contribution in [0.1, 0.15) is 26.5 Å². The summed E-state index contributed by atoms with van der Waals surface area (Å²) in [6, 6.07) is 3.91. The van der Waals surface area contributed by atoms with E-state index in [9.17, 15) is 0 Å². The third-order valence-corrected chi connectivity index (χ3v) is 3.68. The number of hydrogen-bond acceptors (Lipinski definition) is 1. The maximum atomic E-state index is 6.30. The van der Waals surface area contributed by atoms with E-state index in [-0.39, 0.29) is 10.8 Å². The number of halogens is 2. The van der Waals surface area contributed by atoms with Gasteiger partial charge in [-0.3, -0.25) is 4.98 Å². The van der Waals surface area contributed by atoms with Gasteiger partial charge in [0.1, 0.15) is 0 Å². The van der Waals surface area contributed by atoms with Crippen LogP contribution in [0.4, 0.5) is 0 Å². The van der Waals surface area contributed by atoms with E-state index in [1.807, 2.05) is 12.1 Å². The Bertz CT molecular complexity index is 306. The van der Waals surface area contributed by atoms with Crippen LogP contribution in [-0.2, 0) is 6.42 Å². The van der Waals surface area contributed by atoms with Crippen LogP contribution in [0.5, 0.6) is 0 Å². The molecule has 14 heavy (non-hydrogen) atoms. The van der Waals surface area contributed by atoms with Gasteiger partial charge in [0.05, 0.1) is 5.69 Å². The molecule has 0 fully saturated rings. The standard InChI is InChI=1S/C11H15BrClN/c1-11(2,3)10(13)7-9-8(12)5-4-6-14-9/h4-6,10H,7H2,1-3H3. The lowest BCUT2D eigenvalue weighted by Gasteiger charge is -2.24. The Morgan fingerprint density at radius 2 is 2.14 bits per heavy atom. The largest absolute Gasteiger partial charge is 0.260 e. The van der Waals surface area contributed by atoms with Crippen molar-refractivity contribution in [3.8, 4) is 0 Å². The molecule has 1 aromatic heterocycles. The van der Waals surface area contributed by atoms with Gasteiger partial charge in [-0.2, -0.15) is 0 Å². The highest BCUT2D eigenvalue weighted by atomic mass is 79.9. The average Bonchev–Trinajstić information content (AvgIpc) is 2.07. The first-order valence-corrected chi connectivity index (χ1v) is 5.87. The van der Waals surface area contributed by atoms with E-state index in [0.29, 0.717) is 0 Å². The lowest BCUT2D eigenvalue weighted by atomic mass is 9.89. The van der Waals surface area contributed by atoms with Gasteiger partial charge in [-0.15, -0.1) is 11.6 Å². The first-order valence-electron chi connectivity index (χ1n) is 4.64. The lowest BCUT2D eigenvalue weighted by molar-refractivity contribution is 0.384. The van der Waals surface area contributed by atoms with Crippen molar-refractivity contribution in [3.05, 3.63) is 28.5 Å². The molecule has 0 aliphatic heterocycles. The number of alkyl halides is 1. The van der Waals surface area contributed by atoms with Crippen molar-refractivity contribution < 1.29 is 0 Å². The van der Waals surface area contributed by atoms with Crippen LogP contribution in [0, 0.1) is 5.41 Å². The summed E-state index contributed by atoms with van der Waals surface area (Å²) in [4.78, 5) is 4.30. The fourth-order valence-electron chi connectivity index (χ4n) is 1.04. The summed E-state index contributed by atoms with van der Waals surface area (Å²) in [5.41, 5.74) is 1.14. The monoisotopic (exact) mass is 275 g/mol. The molecule has 0 aliphatic rings. The van der Waals surface area contributed by atoms with E-state index < -0.39 is 0 Å². The average molecular weight is 277 g/mol. The summed E-state index contributed by atoms with van der Waals surface area (Å²) >= 11 is 9.77. The Balaban J connectivity index is 2.75. The van der Waals surface area contributed by atoms with Crippen molar-refractivity contribution in [3.63, 3.8) is 0 Å². The fourth-order valence-corrected chi connectivity index (χ4v) is 1.61. The fraction of sp³-hybridized carbons (Fsp3) is 0.545. The summed E-state index contributed by atoms with van der Waals surface area (Å²) < 4.78 is 1.04. The normalized spacial score (nSPS) is 14.1. The molecular formula is C11H15BrClN.